The summed E-state index contributed by atoms with van der Waals surface area (Å²) in [7, 11) is 1.32. The number of carboxylic acids is 1. The zero-order valence-electron chi connectivity index (χ0n) is 19.6. The number of benzene rings is 2. The van der Waals surface area contributed by atoms with Crippen LogP contribution in [0.3, 0.4) is 0 Å². The average molecular weight is 469 g/mol. The molecule has 2 atom stereocenters. The third kappa shape index (κ3) is 6.35. The van der Waals surface area contributed by atoms with Gasteiger partial charge in [-0.15, -0.1) is 0 Å². The molecule has 0 bridgehead atoms. The number of methoxy groups -OCH3 is 1. The Morgan fingerprint density at radius 2 is 1.62 bits per heavy atom. The summed E-state index contributed by atoms with van der Waals surface area (Å²) in [5.41, 5.74) is 4.59. The van der Waals surface area contributed by atoms with Crippen LogP contribution in [-0.2, 0) is 19.1 Å². The molecule has 182 valence electrons. The summed E-state index contributed by atoms with van der Waals surface area (Å²) in [5.74, 6) is -1.37. The van der Waals surface area contributed by atoms with E-state index in [4.69, 9.17) is 14.6 Å². The number of carboxylic acid groups (broad SMARTS) is 1. The normalized spacial score (nSPS) is 13.9. The standard InChI is InChI=1S/C26H32N2O6/c1-3-8-17(15-24(29)27-14-13-23(33-2)25(30)31)28-26(32)34-16-22-20-11-6-4-9-18(20)19-10-5-7-12-21(19)22/h4-7,9-12,17,22-23H,3,8,13-16H2,1-2H3,(H,27,29)(H,28,32)(H,30,31). The Morgan fingerprint density at radius 3 is 2.18 bits per heavy atom. The van der Waals surface area contributed by atoms with Crippen LogP contribution >= 0.6 is 0 Å². The molecule has 8 nitrogen and oxygen atoms in total. The van der Waals surface area contributed by atoms with Crippen LogP contribution in [0.2, 0.25) is 0 Å². The zero-order chi connectivity index (χ0) is 24.5. The average Bonchev–Trinajstić information content (AvgIpc) is 3.14. The Morgan fingerprint density at radius 1 is 1.00 bits per heavy atom. The molecule has 1 aliphatic carbocycles. The molecule has 3 N–H and O–H groups in total. The van der Waals surface area contributed by atoms with Crippen molar-refractivity contribution in [1.29, 1.82) is 0 Å². The number of hydrogen-bond acceptors (Lipinski definition) is 5. The second-order valence-electron chi connectivity index (χ2n) is 8.36. The largest absolute Gasteiger partial charge is 0.479 e. The summed E-state index contributed by atoms with van der Waals surface area (Å²) in [5, 5.41) is 14.5. The highest BCUT2D eigenvalue weighted by Crippen LogP contribution is 2.44. The Kier molecular flexibility index (Phi) is 9.04. The molecular formula is C26H32N2O6. The Balaban J connectivity index is 1.51. The molecule has 0 spiro atoms. The second kappa shape index (κ2) is 12.2. The smallest absolute Gasteiger partial charge is 0.407 e. The van der Waals surface area contributed by atoms with E-state index in [1.807, 2.05) is 31.2 Å². The molecule has 34 heavy (non-hydrogen) atoms. The number of fused-ring (bicyclic) bond motifs is 3. The van der Waals surface area contributed by atoms with Gasteiger partial charge in [0.15, 0.2) is 6.10 Å². The number of aliphatic carboxylic acids is 1. The van der Waals surface area contributed by atoms with E-state index in [-0.39, 0.29) is 43.9 Å². The fourth-order valence-corrected chi connectivity index (χ4v) is 4.36. The lowest BCUT2D eigenvalue weighted by atomic mass is 9.98. The first-order valence-electron chi connectivity index (χ1n) is 11.6. The minimum atomic E-state index is -1.07. The van der Waals surface area contributed by atoms with Gasteiger partial charge < -0.3 is 25.2 Å². The van der Waals surface area contributed by atoms with Gasteiger partial charge in [0.05, 0.1) is 0 Å². The Bertz CT molecular complexity index is 963. The van der Waals surface area contributed by atoms with Gasteiger partial charge in [-0.3, -0.25) is 4.79 Å². The van der Waals surface area contributed by atoms with E-state index in [0.717, 1.165) is 28.7 Å². The number of carbonyl (C=O) groups excluding carboxylic acids is 2. The quantitative estimate of drug-likeness (QED) is 0.438. The lowest BCUT2D eigenvalue weighted by molar-refractivity contribution is -0.149. The third-order valence-electron chi connectivity index (χ3n) is 6.02. The van der Waals surface area contributed by atoms with E-state index >= 15 is 0 Å². The van der Waals surface area contributed by atoms with Crippen LogP contribution in [0.4, 0.5) is 4.79 Å². The van der Waals surface area contributed by atoms with Gasteiger partial charge in [0.1, 0.15) is 6.61 Å². The number of carbonyl (C=O) groups is 3. The molecule has 1 aliphatic rings. The van der Waals surface area contributed by atoms with Gasteiger partial charge in [0.25, 0.3) is 0 Å². The molecule has 0 aliphatic heterocycles. The van der Waals surface area contributed by atoms with Crippen LogP contribution in [0.1, 0.15) is 49.7 Å². The maximum atomic E-state index is 12.6. The van der Waals surface area contributed by atoms with E-state index < -0.39 is 18.2 Å². The number of rotatable bonds is 12. The van der Waals surface area contributed by atoms with Gasteiger partial charge in [-0.05, 0) is 28.7 Å². The van der Waals surface area contributed by atoms with Crippen molar-refractivity contribution in [3.63, 3.8) is 0 Å². The van der Waals surface area contributed by atoms with E-state index in [9.17, 15) is 14.4 Å². The van der Waals surface area contributed by atoms with E-state index in [1.54, 1.807) is 0 Å². The van der Waals surface area contributed by atoms with Gasteiger partial charge in [-0.1, -0.05) is 61.9 Å². The summed E-state index contributed by atoms with van der Waals surface area (Å²) in [6.45, 7) is 2.35. The summed E-state index contributed by atoms with van der Waals surface area (Å²) in [4.78, 5) is 35.8. The maximum Gasteiger partial charge on any atom is 0.407 e. The van der Waals surface area contributed by atoms with E-state index in [1.165, 1.54) is 7.11 Å². The fourth-order valence-electron chi connectivity index (χ4n) is 4.36. The summed E-state index contributed by atoms with van der Waals surface area (Å²) in [6, 6.07) is 15.9. The van der Waals surface area contributed by atoms with E-state index in [2.05, 4.69) is 34.9 Å². The monoisotopic (exact) mass is 468 g/mol. The first-order valence-corrected chi connectivity index (χ1v) is 11.6. The minimum Gasteiger partial charge on any atom is -0.479 e. The first kappa shape index (κ1) is 25.2. The first-order chi connectivity index (χ1) is 16.4. The summed E-state index contributed by atoms with van der Waals surface area (Å²) in [6.07, 6.45) is 0.127. The molecular weight excluding hydrogens is 436 g/mol. The van der Waals surface area contributed by atoms with Crippen LogP contribution in [0.25, 0.3) is 11.1 Å². The number of amides is 2. The predicted molar refractivity (Wildman–Crippen MR) is 128 cm³/mol. The number of hydrogen-bond donors (Lipinski definition) is 3. The van der Waals surface area contributed by atoms with Crippen molar-refractivity contribution in [3.05, 3.63) is 59.7 Å². The zero-order valence-corrected chi connectivity index (χ0v) is 19.6. The Labute approximate surface area is 199 Å². The topological polar surface area (TPSA) is 114 Å². The van der Waals surface area contributed by atoms with Gasteiger partial charge in [0, 0.05) is 38.5 Å². The predicted octanol–water partition coefficient (Wildman–Crippen LogP) is 3.69. The van der Waals surface area contributed by atoms with Gasteiger partial charge >= 0.3 is 12.1 Å². The number of alkyl carbamates (subject to hydrolysis) is 1. The van der Waals surface area contributed by atoms with Crippen LogP contribution < -0.4 is 10.6 Å². The fraction of sp³-hybridized carbons (Fsp3) is 0.423. The molecule has 8 heteroatoms. The van der Waals surface area contributed by atoms with Crippen molar-refractivity contribution in [2.24, 2.45) is 0 Å². The SMILES string of the molecule is CCCC(CC(=O)NCCC(OC)C(=O)O)NC(=O)OCC1c2ccccc2-c2ccccc21. The molecule has 0 aromatic heterocycles. The molecule has 2 aromatic rings. The molecule has 0 saturated carbocycles. The van der Waals surface area contributed by atoms with Crippen LogP contribution in [0.5, 0.6) is 0 Å². The highest BCUT2D eigenvalue weighted by molar-refractivity contribution is 5.79. The van der Waals surface area contributed by atoms with Gasteiger partial charge in [0.2, 0.25) is 5.91 Å². The molecule has 2 unspecified atom stereocenters. The third-order valence-corrected chi connectivity index (χ3v) is 6.02. The molecule has 0 heterocycles. The molecule has 0 fully saturated rings. The maximum absolute atomic E-state index is 12.6. The van der Waals surface area contributed by atoms with E-state index in [0.29, 0.717) is 6.42 Å². The van der Waals surface area contributed by atoms with Gasteiger partial charge in [-0.25, -0.2) is 9.59 Å². The van der Waals surface area contributed by atoms with Crippen LogP contribution in [0, 0.1) is 0 Å². The molecule has 0 radical (unpaired) electrons. The van der Waals surface area contributed by atoms with Crippen LogP contribution in [0.15, 0.2) is 48.5 Å². The summed E-state index contributed by atoms with van der Waals surface area (Å²) >= 11 is 0. The molecule has 3 rings (SSSR count). The van der Waals surface area contributed by atoms with Crippen molar-refractivity contribution in [3.8, 4) is 11.1 Å². The molecule has 2 aromatic carbocycles. The van der Waals surface area contributed by atoms with Crippen molar-refractivity contribution in [2.75, 3.05) is 20.3 Å². The lowest BCUT2D eigenvalue weighted by Gasteiger charge is -2.19. The summed E-state index contributed by atoms with van der Waals surface area (Å²) < 4.78 is 10.4. The molecule has 0 saturated heterocycles. The van der Waals surface area contributed by atoms with Crippen molar-refractivity contribution >= 4 is 18.0 Å². The van der Waals surface area contributed by atoms with Crippen molar-refractivity contribution in [2.45, 2.75) is 50.7 Å². The molecule has 2 amide bonds. The Hall–Kier alpha value is -3.39. The number of ether oxygens (including phenoxy) is 2. The highest BCUT2D eigenvalue weighted by atomic mass is 16.5. The number of nitrogens with one attached hydrogen (secondary N) is 2. The lowest BCUT2D eigenvalue weighted by Crippen LogP contribution is -2.40. The van der Waals surface area contributed by atoms with Crippen molar-refractivity contribution < 1.29 is 29.0 Å². The highest BCUT2D eigenvalue weighted by Gasteiger charge is 2.29. The minimum absolute atomic E-state index is 0.0333. The second-order valence-corrected chi connectivity index (χ2v) is 8.36. The van der Waals surface area contributed by atoms with Crippen molar-refractivity contribution in [1.82, 2.24) is 10.6 Å². The van der Waals surface area contributed by atoms with Gasteiger partial charge in [-0.2, -0.15) is 0 Å². The van der Waals surface area contributed by atoms with Crippen LogP contribution in [-0.4, -0.2) is 55.5 Å².